The molecule has 2 N–H and O–H groups in total. The average molecular weight is 166 g/mol. The molecule has 0 radical (unpaired) electrons. The second-order valence-electron chi connectivity index (χ2n) is 3.32. The lowest BCUT2D eigenvalue weighted by Crippen LogP contribution is -1.99. The van der Waals surface area contributed by atoms with Gasteiger partial charge in [-0.15, -0.1) is 0 Å². The minimum Gasteiger partial charge on any atom is -0.361 e. The zero-order valence-corrected chi connectivity index (χ0v) is 7.34. The lowest BCUT2D eigenvalue weighted by molar-refractivity contribution is 0.354. The number of nitrogens with zero attached hydrogens (tertiary/aromatic N) is 1. The van der Waals surface area contributed by atoms with E-state index >= 15 is 0 Å². The van der Waals surface area contributed by atoms with Crippen LogP contribution in [0.15, 0.2) is 4.52 Å². The standard InChI is InChI=1S/C9H14N2O/c1-2-6-3-4-7-8(5-10)11-12-9(6)7/h6H,2-5,10H2,1H3. The van der Waals surface area contributed by atoms with E-state index in [-0.39, 0.29) is 0 Å². The molecule has 0 amide bonds. The first-order valence-electron chi connectivity index (χ1n) is 4.54. The maximum Gasteiger partial charge on any atom is 0.143 e. The van der Waals surface area contributed by atoms with Gasteiger partial charge in [0.05, 0.1) is 0 Å². The first-order valence-corrected chi connectivity index (χ1v) is 4.54. The Labute approximate surface area is 71.9 Å². The molecule has 1 aromatic heterocycles. The summed E-state index contributed by atoms with van der Waals surface area (Å²) in [6.07, 6.45) is 3.45. The normalized spacial score (nSPS) is 21.3. The van der Waals surface area contributed by atoms with Gasteiger partial charge < -0.3 is 10.3 Å². The summed E-state index contributed by atoms with van der Waals surface area (Å²) in [5, 5.41) is 3.95. The SMILES string of the molecule is CCC1CCc2c(CN)noc21. The van der Waals surface area contributed by atoms with Crippen LogP contribution < -0.4 is 5.73 Å². The molecule has 3 nitrogen and oxygen atoms in total. The van der Waals surface area contributed by atoms with Crippen molar-refractivity contribution in [2.45, 2.75) is 38.6 Å². The number of rotatable bonds is 2. The molecule has 2 rings (SSSR count). The fourth-order valence-electron chi connectivity index (χ4n) is 1.94. The van der Waals surface area contributed by atoms with Crippen LogP contribution in [0.3, 0.4) is 0 Å². The molecule has 1 aliphatic carbocycles. The largest absolute Gasteiger partial charge is 0.361 e. The smallest absolute Gasteiger partial charge is 0.143 e. The van der Waals surface area contributed by atoms with Crippen molar-refractivity contribution in [2.75, 3.05) is 0 Å². The van der Waals surface area contributed by atoms with Gasteiger partial charge in [0.25, 0.3) is 0 Å². The third-order valence-corrected chi connectivity index (χ3v) is 2.70. The third-order valence-electron chi connectivity index (χ3n) is 2.70. The van der Waals surface area contributed by atoms with Crippen molar-refractivity contribution in [3.05, 3.63) is 17.0 Å². The minimum atomic E-state index is 0.509. The van der Waals surface area contributed by atoms with Crippen molar-refractivity contribution in [2.24, 2.45) is 5.73 Å². The molecule has 1 atom stereocenters. The van der Waals surface area contributed by atoms with E-state index in [1.165, 1.54) is 12.0 Å². The van der Waals surface area contributed by atoms with Crippen molar-refractivity contribution in [1.29, 1.82) is 0 Å². The van der Waals surface area contributed by atoms with Gasteiger partial charge in [0.2, 0.25) is 0 Å². The molecule has 0 aliphatic heterocycles. The predicted octanol–water partition coefficient (Wildman–Crippen LogP) is 1.57. The molecule has 0 saturated heterocycles. The molecule has 0 bridgehead atoms. The van der Waals surface area contributed by atoms with Gasteiger partial charge in [0.1, 0.15) is 11.5 Å². The fourth-order valence-corrected chi connectivity index (χ4v) is 1.94. The van der Waals surface area contributed by atoms with Crippen molar-refractivity contribution in [3.63, 3.8) is 0 Å². The van der Waals surface area contributed by atoms with Crippen LogP contribution in [0.1, 0.15) is 42.7 Å². The summed E-state index contributed by atoms with van der Waals surface area (Å²) in [6, 6.07) is 0. The summed E-state index contributed by atoms with van der Waals surface area (Å²) >= 11 is 0. The first-order chi connectivity index (χ1) is 5.86. The van der Waals surface area contributed by atoms with Crippen LogP contribution in [-0.2, 0) is 13.0 Å². The predicted molar refractivity (Wildman–Crippen MR) is 45.7 cm³/mol. The quantitative estimate of drug-likeness (QED) is 0.725. The van der Waals surface area contributed by atoms with E-state index in [0.717, 1.165) is 24.3 Å². The van der Waals surface area contributed by atoms with E-state index in [1.54, 1.807) is 0 Å². The highest BCUT2D eigenvalue weighted by atomic mass is 16.5. The molecule has 12 heavy (non-hydrogen) atoms. The van der Waals surface area contributed by atoms with E-state index in [2.05, 4.69) is 12.1 Å². The molecule has 0 aromatic carbocycles. The van der Waals surface area contributed by atoms with Crippen LogP contribution in [0.4, 0.5) is 0 Å². The molecule has 1 aliphatic rings. The Hall–Kier alpha value is -0.830. The van der Waals surface area contributed by atoms with Crippen LogP contribution in [0.5, 0.6) is 0 Å². The highest BCUT2D eigenvalue weighted by molar-refractivity contribution is 5.30. The van der Waals surface area contributed by atoms with Gasteiger partial charge in [-0.25, -0.2) is 0 Å². The van der Waals surface area contributed by atoms with Gasteiger partial charge in [-0.3, -0.25) is 0 Å². The van der Waals surface area contributed by atoms with E-state index in [9.17, 15) is 0 Å². The van der Waals surface area contributed by atoms with E-state index in [4.69, 9.17) is 10.3 Å². The molecule has 0 fully saturated rings. The molecule has 0 spiro atoms. The van der Waals surface area contributed by atoms with Crippen molar-refractivity contribution >= 4 is 0 Å². The molecule has 1 unspecified atom stereocenters. The van der Waals surface area contributed by atoms with Crippen LogP contribution in [0, 0.1) is 0 Å². The molecule has 1 aromatic rings. The van der Waals surface area contributed by atoms with E-state index in [1.807, 2.05) is 0 Å². The topological polar surface area (TPSA) is 52.0 Å². The van der Waals surface area contributed by atoms with Gasteiger partial charge >= 0.3 is 0 Å². The van der Waals surface area contributed by atoms with Crippen molar-refractivity contribution < 1.29 is 4.52 Å². The molecule has 1 heterocycles. The minimum absolute atomic E-state index is 0.509. The number of hydrogen-bond acceptors (Lipinski definition) is 3. The monoisotopic (exact) mass is 166 g/mol. The number of aromatic nitrogens is 1. The summed E-state index contributed by atoms with van der Waals surface area (Å²) < 4.78 is 5.27. The summed E-state index contributed by atoms with van der Waals surface area (Å²) in [5.74, 6) is 1.69. The number of hydrogen-bond donors (Lipinski definition) is 1. The molecular formula is C9H14N2O. The van der Waals surface area contributed by atoms with Gasteiger partial charge in [0.15, 0.2) is 0 Å². The Morgan fingerprint density at radius 1 is 1.67 bits per heavy atom. The van der Waals surface area contributed by atoms with Gasteiger partial charge in [-0.2, -0.15) is 0 Å². The summed E-state index contributed by atoms with van der Waals surface area (Å²) in [7, 11) is 0. The Kier molecular flexibility index (Phi) is 1.89. The molecular weight excluding hydrogens is 152 g/mol. The third kappa shape index (κ3) is 0.966. The fraction of sp³-hybridized carbons (Fsp3) is 0.667. The zero-order valence-electron chi connectivity index (χ0n) is 7.34. The van der Waals surface area contributed by atoms with Crippen molar-refractivity contribution in [1.82, 2.24) is 5.16 Å². The summed E-state index contributed by atoms with van der Waals surface area (Å²) in [5.41, 5.74) is 7.77. The van der Waals surface area contributed by atoms with E-state index < -0.39 is 0 Å². The van der Waals surface area contributed by atoms with Gasteiger partial charge in [-0.1, -0.05) is 12.1 Å². The Bertz CT molecular complexity index is 280. The maximum absolute atomic E-state index is 5.53. The maximum atomic E-state index is 5.53. The summed E-state index contributed by atoms with van der Waals surface area (Å²) in [6.45, 7) is 2.69. The van der Waals surface area contributed by atoms with Crippen LogP contribution in [0.25, 0.3) is 0 Å². The molecule has 66 valence electrons. The lowest BCUT2D eigenvalue weighted by Gasteiger charge is -2.00. The van der Waals surface area contributed by atoms with Crippen LogP contribution >= 0.6 is 0 Å². The summed E-state index contributed by atoms with van der Waals surface area (Å²) in [4.78, 5) is 0. The van der Waals surface area contributed by atoms with E-state index in [0.29, 0.717) is 12.5 Å². The van der Waals surface area contributed by atoms with Crippen molar-refractivity contribution in [3.8, 4) is 0 Å². The number of nitrogens with two attached hydrogens (primary N) is 1. The Morgan fingerprint density at radius 3 is 3.17 bits per heavy atom. The Morgan fingerprint density at radius 2 is 2.50 bits per heavy atom. The van der Waals surface area contributed by atoms with Crippen LogP contribution in [-0.4, -0.2) is 5.16 Å². The lowest BCUT2D eigenvalue weighted by atomic mass is 10.1. The zero-order chi connectivity index (χ0) is 8.55. The van der Waals surface area contributed by atoms with Gasteiger partial charge in [-0.05, 0) is 19.3 Å². The Balaban J connectivity index is 2.35. The number of fused-ring (bicyclic) bond motifs is 1. The first kappa shape index (κ1) is 7.80. The van der Waals surface area contributed by atoms with Crippen LogP contribution in [0.2, 0.25) is 0 Å². The second kappa shape index (κ2) is 2.90. The second-order valence-corrected chi connectivity index (χ2v) is 3.32. The van der Waals surface area contributed by atoms with Gasteiger partial charge in [0, 0.05) is 18.0 Å². The average Bonchev–Trinajstić information content (AvgIpc) is 2.62. The molecule has 0 saturated carbocycles. The molecule has 3 heteroatoms. The highest BCUT2D eigenvalue weighted by Crippen LogP contribution is 2.36. The highest BCUT2D eigenvalue weighted by Gasteiger charge is 2.28.